The molecular formula is C11H10F2N4. The van der Waals surface area contributed by atoms with Gasteiger partial charge in [0.2, 0.25) is 0 Å². The number of benzene rings is 1. The summed E-state index contributed by atoms with van der Waals surface area (Å²) in [5, 5.41) is 7.91. The summed E-state index contributed by atoms with van der Waals surface area (Å²) in [5.41, 5.74) is 5.55. The zero-order valence-electron chi connectivity index (χ0n) is 8.95. The molecule has 6 heteroatoms. The molecule has 0 atom stereocenters. The number of nitrogen functional groups attached to an aromatic ring is 1. The molecule has 0 spiro atoms. The summed E-state index contributed by atoms with van der Waals surface area (Å²) >= 11 is 0. The van der Waals surface area contributed by atoms with Gasteiger partial charge in [-0.05, 0) is 12.5 Å². The van der Waals surface area contributed by atoms with E-state index in [1.807, 2.05) is 4.57 Å². The molecule has 1 aromatic heterocycles. The van der Waals surface area contributed by atoms with Crippen molar-refractivity contribution < 1.29 is 8.78 Å². The van der Waals surface area contributed by atoms with Gasteiger partial charge in [0.1, 0.15) is 17.5 Å². The minimum absolute atomic E-state index is 0.0863. The van der Waals surface area contributed by atoms with Crippen molar-refractivity contribution >= 4 is 5.69 Å². The van der Waals surface area contributed by atoms with E-state index in [1.54, 1.807) is 0 Å². The molecule has 1 aliphatic rings. The van der Waals surface area contributed by atoms with Gasteiger partial charge in [0.05, 0.1) is 11.3 Å². The number of aryl methyl sites for hydroxylation is 1. The number of rotatable bonds is 1. The molecule has 2 aromatic rings. The van der Waals surface area contributed by atoms with Gasteiger partial charge in [0, 0.05) is 19.0 Å². The summed E-state index contributed by atoms with van der Waals surface area (Å²) in [6.45, 7) is 0.758. The largest absolute Gasteiger partial charge is 0.396 e. The monoisotopic (exact) mass is 236 g/mol. The number of hydrogen-bond acceptors (Lipinski definition) is 3. The van der Waals surface area contributed by atoms with E-state index >= 15 is 0 Å². The Balaban J connectivity index is 2.18. The van der Waals surface area contributed by atoms with Crippen LogP contribution in [0.4, 0.5) is 14.5 Å². The van der Waals surface area contributed by atoms with Gasteiger partial charge in [0.15, 0.2) is 5.82 Å². The number of nitrogens with two attached hydrogens (primary N) is 1. The Bertz CT molecular complexity index is 591. The fraction of sp³-hybridized carbons (Fsp3) is 0.273. The van der Waals surface area contributed by atoms with Crippen molar-refractivity contribution in [2.45, 2.75) is 19.4 Å². The lowest BCUT2D eigenvalue weighted by Crippen LogP contribution is -2.00. The summed E-state index contributed by atoms with van der Waals surface area (Å²) in [6.07, 6.45) is 1.81. The van der Waals surface area contributed by atoms with E-state index in [2.05, 4.69) is 10.2 Å². The van der Waals surface area contributed by atoms with Gasteiger partial charge < -0.3 is 10.3 Å². The van der Waals surface area contributed by atoms with E-state index in [9.17, 15) is 8.78 Å². The van der Waals surface area contributed by atoms with Crippen LogP contribution < -0.4 is 5.73 Å². The maximum Gasteiger partial charge on any atom is 0.167 e. The Labute approximate surface area is 96.1 Å². The summed E-state index contributed by atoms with van der Waals surface area (Å²) in [6, 6.07) is 2.04. The first-order chi connectivity index (χ1) is 8.16. The van der Waals surface area contributed by atoms with Crippen molar-refractivity contribution in [3.8, 4) is 11.4 Å². The van der Waals surface area contributed by atoms with Crippen LogP contribution in [0.3, 0.4) is 0 Å². The lowest BCUT2D eigenvalue weighted by Gasteiger charge is -2.06. The van der Waals surface area contributed by atoms with Gasteiger partial charge in [-0.15, -0.1) is 10.2 Å². The van der Waals surface area contributed by atoms with Gasteiger partial charge in [-0.2, -0.15) is 0 Å². The maximum absolute atomic E-state index is 13.7. The fourth-order valence-electron chi connectivity index (χ4n) is 2.09. The van der Waals surface area contributed by atoms with Crippen molar-refractivity contribution in [3.05, 3.63) is 29.6 Å². The van der Waals surface area contributed by atoms with Crippen molar-refractivity contribution in [2.75, 3.05) is 5.73 Å². The molecule has 0 amide bonds. The molecule has 0 bridgehead atoms. The molecule has 4 nitrogen and oxygen atoms in total. The number of fused-ring (bicyclic) bond motifs is 1. The molecule has 3 rings (SSSR count). The van der Waals surface area contributed by atoms with E-state index < -0.39 is 11.6 Å². The second kappa shape index (κ2) is 3.51. The summed E-state index contributed by atoms with van der Waals surface area (Å²) in [4.78, 5) is 0. The van der Waals surface area contributed by atoms with E-state index in [-0.39, 0.29) is 11.3 Å². The van der Waals surface area contributed by atoms with Crippen LogP contribution in [0, 0.1) is 11.6 Å². The normalized spacial score (nSPS) is 14.0. The Hall–Kier alpha value is -1.98. The summed E-state index contributed by atoms with van der Waals surface area (Å²) in [7, 11) is 0. The van der Waals surface area contributed by atoms with Crippen LogP contribution in [0.25, 0.3) is 11.4 Å². The molecule has 0 fully saturated rings. The Morgan fingerprint density at radius 1 is 1.18 bits per heavy atom. The number of halogens is 2. The van der Waals surface area contributed by atoms with Crippen molar-refractivity contribution in [1.82, 2.24) is 14.8 Å². The highest BCUT2D eigenvalue weighted by Crippen LogP contribution is 2.28. The average Bonchev–Trinajstić information content (AvgIpc) is 2.85. The van der Waals surface area contributed by atoms with Crippen molar-refractivity contribution in [1.29, 1.82) is 0 Å². The van der Waals surface area contributed by atoms with Gasteiger partial charge in [-0.1, -0.05) is 0 Å². The van der Waals surface area contributed by atoms with Crippen molar-refractivity contribution in [3.63, 3.8) is 0 Å². The molecule has 0 saturated carbocycles. The van der Waals surface area contributed by atoms with E-state index in [0.717, 1.165) is 31.3 Å². The highest BCUT2D eigenvalue weighted by atomic mass is 19.1. The fourth-order valence-corrected chi connectivity index (χ4v) is 2.09. The smallest absolute Gasteiger partial charge is 0.167 e. The first-order valence-electron chi connectivity index (χ1n) is 5.34. The first-order valence-corrected chi connectivity index (χ1v) is 5.34. The molecule has 0 radical (unpaired) electrons. The van der Waals surface area contributed by atoms with Crippen LogP contribution >= 0.6 is 0 Å². The average molecular weight is 236 g/mol. The molecule has 0 unspecified atom stereocenters. The molecule has 17 heavy (non-hydrogen) atoms. The van der Waals surface area contributed by atoms with Crippen LogP contribution in [0.15, 0.2) is 12.1 Å². The first kappa shape index (κ1) is 10.2. The van der Waals surface area contributed by atoms with E-state index in [0.29, 0.717) is 5.82 Å². The van der Waals surface area contributed by atoms with Crippen molar-refractivity contribution in [2.24, 2.45) is 0 Å². The lowest BCUT2D eigenvalue weighted by atomic mass is 10.1. The quantitative estimate of drug-likeness (QED) is 0.767. The summed E-state index contributed by atoms with van der Waals surface area (Å²) < 4.78 is 28.6. The van der Waals surface area contributed by atoms with Crippen LogP contribution in [-0.4, -0.2) is 14.8 Å². The molecular weight excluding hydrogens is 226 g/mol. The van der Waals surface area contributed by atoms with Crippen LogP contribution in [0.5, 0.6) is 0 Å². The second-order valence-corrected chi connectivity index (χ2v) is 4.05. The predicted molar refractivity (Wildman–Crippen MR) is 58.1 cm³/mol. The van der Waals surface area contributed by atoms with Gasteiger partial charge in [-0.3, -0.25) is 0 Å². The Kier molecular flexibility index (Phi) is 2.10. The molecule has 1 aromatic carbocycles. The second-order valence-electron chi connectivity index (χ2n) is 4.05. The third-order valence-corrected chi connectivity index (χ3v) is 2.94. The van der Waals surface area contributed by atoms with Crippen LogP contribution in [0.1, 0.15) is 12.2 Å². The minimum atomic E-state index is -0.757. The summed E-state index contributed by atoms with van der Waals surface area (Å²) in [5.74, 6) is -0.171. The van der Waals surface area contributed by atoms with Crippen LogP contribution in [0.2, 0.25) is 0 Å². The third-order valence-electron chi connectivity index (χ3n) is 2.94. The predicted octanol–water partition coefficient (Wildman–Crippen LogP) is 1.75. The lowest BCUT2D eigenvalue weighted by molar-refractivity contribution is 0.586. The van der Waals surface area contributed by atoms with Gasteiger partial charge >= 0.3 is 0 Å². The van der Waals surface area contributed by atoms with E-state index in [4.69, 9.17) is 5.73 Å². The number of nitrogens with zero attached hydrogens (tertiary/aromatic N) is 3. The molecule has 0 aliphatic carbocycles. The molecule has 0 saturated heterocycles. The molecule has 2 N–H and O–H groups in total. The zero-order valence-corrected chi connectivity index (χ0v) is 8.95. The molecule has 88 valence electrons. The Morgan fingerprint density at radius 2 is 2.00 bits per heavy atom. The topological polar surface area (TPSA) is 56.7 Å². The third kappa shape index (κ3) is 1.48. The van der Waals surface area contributed by atoms with Gasteiger partial charge in [-0.25, -0.2) is 8.78 Å². The highest BCUT2D eigenvalue weighted by molar-refractivity contribution is 5.62. The van der Waals surface area contributed by atoms with E-state index in [1.165, 1.54) is 6.07 Å². The zero-order chi connectivity index (χ0) is 12.0. The maximum atomic E-state index is 13.7. The molecule has 2 heterocycles. The van der Waals surface area contributed by atoms with Crippen LogP contribution in [-0.2, 0) is 13.0 Å². The standard InChI is InChI=1S/C11H10F2N4/c12-7-5-8(13)9(14)4-6(7)11-16-15-10-2-1-3-17(10)11/h4-5H,1-3,14H2. The number of anilines is 1. The number of aromatic nitrogens is 3. The van der Waals surface area contributed by atoms with Gasteiger partial charge in [0.25, 0.3) is 0 Å². The molecule has 1 aliphatic heterocycles. The highest BCUT2D eigenvalue weighted by Gasteiger charge is 2.21. The number of hydrogen-bond donors (Lipinski definition) is 1. The SMILES string of the molecule is Nc1cc(-c2nnc3n2CCC3)c(F)cc1F. The minimum Gasteiger partial charge on any atom is -0.396 e. The Morgan fingerprint density at radius 3 is 2.82 bits per heavy atom.